The number of hydrogen-bond acceptors (Lipinski definition) is 3. The third-order valence-corrected chi connectivity index (χ3v) is 2.82. The summed E-state index contributed by atoms with van der Waals surface area (Å²) in [6, 6.07) is 5.08. The lowest BCUT2D eigenvalue weighted by molar-refractivity contribution is -0.117. The Bertz CT molecular complexity index is 396. The second-order valence-electron chi connectivity index (χ2n) is 4.28. The summed E-state index contributed by atoms with van der Waals surface area (Å²) >= 11 is 0. The molecule has 0 saturated carbocycles. The zero-order valence-electron chi connectivity index (χ0n) is 9.18. The van der Waals surface area contributed by atoms with Gasteiger partial charge >= 0.3 is 0 Å². The van der Waals surface area contributed by atoms with Crippen LogP contribution in [0.1, 0.15) is 12.0 Å². The minimum Gasteiger partial charge on any atom is -0.508 e. The van der Waals surface area contributed by atoms with Crippen LogP contribution in [0.3, 0.4) is 0 Å². The Labute approximate surface area is 94.1 Å². The number of aryl methyl sites for hydroxylation is 1. The average molecular weight is 221 g/mol. The van der Waals surface area contributed by atoms with E-state index in [-0.39, 0.29) is 24.2 Å². The van der Waals surface area contributed by atoms with E-state index < -0.39 is 0 Å². The predicted molar refractivity (Wildman–Crippen MR) is 60.4 cm³/mol. The van der Waals surface area contributed by atoms with Gasteiger partial charge in [0.15, 0.2) is 0 Å². The molecular formula is C12H15NO3. The summed E-state index contributed by atoms with van der Waals surface area (Å²) in [5, 5.41) is 18.5. The fraction of sp³-hybridized carbons (Fsp3) is 0.417. The Hall–Kier alpha value is -1.55. The summed E-state index contributed by atoms with van der Waals surface area (Å²) in [7, 11) is 0. The van der Waals surface area contributed by atoms with Crippen LogP contribution in [-0.2, 0) is 4.79 Å². The van der Waals surface area contributed by atoms with Gasteiger partial charge in [0.05, 0.1) is 0 Å². The number of aromatic hydroxyl groups is 1. The fourth-order valence-electron chi connectivity index (χ4n) is 2.05. The van der Waals surface area contributed by atoms with Crippen LogP contribution < -0.4 is 4.90 Å². The minimum atomic E-state index is 0.00375. The van der Waals surface area contributed by atoms with Crippen molar-refractivity contribution in [1.82, 2.24) is 0 Å². The van der Waals surface area contributed by atoms with E-state index in [0.717, 1.165) is 5.56 Å². The van der Waals surface area contributed by atoms with E-state index in [1.807, 2.05) is 13.0 Å². The monoisotopic (exact) mass is 221 g/mol. The summed E-state index contributed by atoms with van der Waals surface area (Å²) in [5.74, 6) is 0.175. The molecule has 0 radical (unpaired) electrons. The molecule has 2 N–H and O–H groups in total. The van der Waals surface area contributed by atoms with E-state index in [9.17, 15) is 9.90 Å². The highest BCUT2D eigenvalue weighted by atomic mass is 16.3. The Morgan fingerprint density at radius 1 is 1.44 bits per heavy atom. The number of phenolic OH excluding ortho intramolecular Hbond substituents is 1. The van der Waals surface area contributed by atoms with Crippen molar-refractivity contribution in [2.45, 2.75) is 13.3 Å². The van der Waals surface area contributed by atoms with E-state index in [1.165, 1.54) is 0 Å². The lowest BCUT2D eigenvalue weighted by atomic mass is 10.1. The van der Waals surface area contributed by atoms with Crippen molar-refractivity contribution in [1.29, 1.82) is 0 Å². The summed E-state index contributed by atoms with van der Waals surface area (Å²) in [6.45, 7) is 2.42. The van der Waals surface area contributed by atoms with Gasteiger partial charge in [-0.15, -0.1) is 0 Å². The standard InChI is InChI=1S/C12H15NO3/c1-8-2-10(5-11(15)3-8)13-6-9(7-14)4-12(13)16/h2-3,5,9,14-15H,4,6-7H2,1H3. The normalized spacial score (nSPS) is 20.5. The first-order chi connectivity index (χ1) is 7.60. The molecule has 2 rings (SSSR count). The summed E-state index contributed by atoms with van der Waals surface area (Å²) in [4.78, 5) is 13.3. The van der Waals surface area contributed by atoms with Crippen LogP contribution in [-0.4, -0.2) is 29.3 Å². The number of rotatable bonds is 2. The average Bonchev–Trinajstić information content (AvgIpc) is 2.58. The lowest BCUT2D eigenvalue weighted by Crippen LogP contribution is -2.24. The van der Waals surface area contributed by atoms with Crippen LogP contribution in [0, 0.1) is 12.8 Å². The molecule has 1 saturated heterocycles. The van der Waals surface area contributed by atoms with Gasteiger partial charge in [-0.1, -0.05) is 0 Å². The van der Waals surface area contributed by atoms with Gasteiger partial charge in [-0.2, -0.15) is 0 Å². The number of carbonyl (C=O) groups excluding carboxylic acids is 1. The van der Waals surface area contributed by atoms with Gasteiger partial charge in [0, 0.05) is 37.2 Å². The molecule has 1 aliphatic heterocycles. The van der Waals surface area contributed by atoms with Gasteiger partial charge < -0.3 is 15.1 Å². The van der Waals surface area contributed by atoms with E-state index in [4.69, 9.17) is 5.11 Å². The first-order valence-electron chi connectivity index (χ1n) is 5.32. The predicted octanol–water partition coefficient (Wildman–Crippen LogP) is 1.05. The second kappa shape index (κ2) is 4.14. The molecule has 4 heteroatoms. The van der Waals surface area contributed by atoms with Crippen LogP contribution in [0.2, 0.25) is 0 Å². The molecule has 1 fully saturated rings. The Morgan fingerprint density at radius 3 is 2.75 bits per heavy atom. The molecule has 1 aliphatic rings. The van der Waals surface area contributed by atoms with Gasteiger partial charge in [-0.3, -0.25) is 4.79 Å². The molecule has 0 spiro atoms. The van der Waals surface area contributed by atoms with Crippen molar-refractivity contribution >= 4 is 11.6 Å². The SMILES string of the molecule is Cc1cc(O)cc(N2CC(CO)CC2=O)c1. The minimum absolute atomic E-state index is 0.00375. The van der Waals surface area contributed by atoms with Crippen molar-refractivity contribution in [3.8, 4) is 5.75 Å². The van der Waals surface area contributed by atoms with Crippen molar-refractivity contribution < 1.29 is 15.0 Å². The van der Waals surface area contributed by atoms with Crippen molar-refractivity contribution in [2.75, 3.05) is 18.1 Å². The quantitative estimate of drug-likeness (QED) is 0.784. The fourth-order valence-corrected chi connectivity index (χ4v) is 2.05. The largest absolute Gasteiger partial charge is 0.508 e. The maximum Gasteiger partial charge on any atom is 0.227 e. The highest BCUT2D eigenvalue weighted by Crippen LogP contribution is 2.28. The molecule has 1 amide bonds. The third kappa shape index (κ3) is 2.02. The first kappa shape index (κ1) is 11.0. The van der Waals surface area contributed by atoms with E-state index in [2.05, 4.69) is 0 Å². The zero-order chi connectivity index (χ0) is 11.7. The van der Waals surface area contributed by atoms with Crippen molar-refractivity contribution in [3.05, 3.63) is 23.8 Å². The molecule has 0 aliphatic carbocycles. The van der Waals surface area contributed by atoms with Crippen LogP contribution in [0.15, 0.2) is 18.2 Å². The van der Waals surface area contributed by atoms with Crippen LogP contribution in [0.5, 0.6) is 5.75 Å². The van der Waals surface area contributed by atoms with Crippen LogP contribution in [0.4, 0.5) is 5.69 Å². The maximum atomic E-state index is 11.7. The van der Waals surface area contributed by atoms with E-state index in [0.29, 0.717) is 18.7 Å². The summed E-state index contributed by atoms with van der Waals surface area (Å²) < 4.78 is 0. The van der Waals surface area contributed by atoms with E-state index >= 15 is 0 Å². The number of aliphatic hydroxyl groups is 1. The highest BCUT2D eigenvalue weighted by Gasteiger charge is 2.30. The topological polar surface area (TPSA) is 60.8 Å². The zero-order valence-corrected chi connectivity index (χ0v) is 9.18. The van der Waals surface area contributed by atoms with Crippen LogP contribution >= 0.6 is 0 Å². The molecule has 1 heterocycles. The number of amides is 1. The number of phenols is 1. The molecule has 0 aromatic heterocycles. The third-order valence-electron chi connectivity index (χ3n) is 2.82. The van der Waals surface area contributed by atoms with Crippen LogP contribution in [0.25, 0.3) is 0 Å². The second-order valence-corrected chi connectivity index (χ2v) is 4.28. The molecule has 1 atom stereocenters. The number of anilines is 1. The molecule has 86 valence electrons. The maximum absolute atomic E-state index is 11.7. The smallest absolute Gasteiger partial charge is 0.227 e. The van der Waals surface area contributed by atoms with Gasteiger partial charge in [0.25, 0.3) is 0 Å². The number of aliphatic hydroxyl groups excluding tert-OH is 1. The summed E-state index contributed by atoms with van der Waals surface area (Å²) in [6.07, 6.45) is 0.380. The molecule has 1 aromatic rings. The Kier molecular flexibility index (Phi) is 2.83. The number of carbonyl (C=O) groups is 1. The summed E-state index contributed by atoms with van der Waals surface area (Å²) in [5.41, 5.74) is 1.62. The van der Waals surface area contributed by atoms with Gasteiger partial charge in [-0.25, -0.2) is 0 Å². The van der Waals surface area contributed by atoms with Gasteiger partial charge in [0.2, 0.25) is 5.91 Å². The van der Waals surface area contributed by atoms with Gasteiger partial charge in [0.1, 0.15) is 5.75 Å². The van der Waals surface area contributed by atoms with Gasteiger partial charge in [-0.05, 0) is 24.6 Å². The Morgan fingerprint density at radius 2 is 2.19 bits per heavy atom. The molecule has 4 nitrogen and oxygen atoms in total. The molecule has 1 aromatic carbocycles. The van der Waals surface area contributed by atoms with Crippen molar-refractivity contribution in [2.24, 2.45) is 5.92 Å². The van der Waals surface area contributed by atoms with Crippen molar-refractivity contribution in [3.63, 3.8) is 0 Å². The lowest BCUT2D eigenvalue weighted by Gasteiger charge is -2.17. The number of nitrogens with zero attached hydrogens (tertiary/aromatic N) is 1. The highest BCUT2D eigenvalue weighted by molar-refractivity contribution is 5.96. The molecule has 0 bridgehead atoms. The molecular weight excluding hydrogens is 206 g/mol. The number of hydrogen-bond donors (Lipinski definition) is 2. The van der Waals surface area contributed by atoms with E-state index in [1.54, 1.807) is 17.0 Å². The first-order valence-corrected chi connectivity index (χ1v) is 5.32. The molecule has 16 heavy (non-hydrogen) atoms. The Balaban J connectivity index is 2.27. The molecule has 1 unspecified atom stereocenters. The number of benzene rings is 1.